The van der Waals surface area contributed by atoms with Crippen LogP contribution in [0.1, 0.15) is 22.9 Å². The largest absolute Gasteiger partial charge is 0.497 e. The van der Waals surface area contributed by atoms with Crippen LogP contribution in [0.5, 0.6) is 11.5 Å². The van der Waals surface area contributed by atoms with Gasteiger partial charge in [0.05, 0.1) is 26.0 Å². The molecule has 22 heavy (non-hydrogen) atoms. The van der Waals surface area contributed by atoms with Crippen molar-refractivity contribution < 1.29 is 9.47 Å². The molecule has 0 bridgehead atoms. The Labute approximate surface area is 130 Å². The van der Waals surface area contributed by atoms with Gasteiger partial charge in [0, 0.05) is 37.5 Å². The quantitative estimate of drug-likeness (QED) is 0.916. The number of hydrogen-bond donors (Lipinski definition) is 1. The van der Waals surface area contributed by atoms with Crippen LogP contribution in [0.15, 0.2) is 36.5 Å². The van der Waals surface area contributed by atoms with E-state index in [1.54, 1.807) is 14.2 Å². The van der Waals surface area contributed by atoms with E-state index in [9.17, 15) is 0 Å². The number of nitrogens with zero attached hydrogens (tertiary/aromatic N) is 2. The molecule has 2 N–H and O–H groups in total. The lowest BCUT2D eigenvalue weighted by Crippen LogP contribution is -2.28. The van der Waals surface area contributed by atoms with Crippen molar-refractivity contribution in [2.45, 2.75) is 19.1 Å². The Morgan fingerprint density at radius 3 is 2.77 bits per heavy atom. The second kappa shape index (κ2) is 6.34. The molecule has 5 heteroatoms. The van der Waals surface area contributed by atoms with E-state index in [1.807, 2.05) is 30.5 Å². The highest BCUT2D eigenvalue weighted by molar-refractivity contribution is 5.50. The zero-order valence-electron chi connectivity index (χ0n) is 13.0. The van der Waals surface area contributed by atoms with E-state index < -0.39 is 0 Å². The highest BCUT2D eigenvalue weighted by atomic mass is 16.5. The first-order valence-corrected chi connectivity index (χ1v) is 7.35. The molecule has 5 nitrogen and oxygen atoms in total. The SMILES string of the molecule is COc1cc2c(c(OC)c1)C(CN)N(Cc1ccccn1)C2. The highest BCUT2D eigenvalue weighted by Crippen LogP contribution is 2.42. The molecular formula is C17H21N3O2. The topological polar surface area (TPSA) is 60.6 Å². The molecule has 0 fully saturated rings. The van der Waals surface area contributed by atoms with Gasteiger partial charge in [0.25, 0.3) is 0 Å². The predicted octanol–water partition coefficient (Wildman–Crippen LogP) is 2.11. The summed E-state index contributed by atoms with van der Waals surface area (Å²) in [5.74, 6) is 1.65. The Morgan fingerprint density at radius 1 is 1.27 bits per heavy atom. The minimum atomic E-state index is 0.137. The van der Waals surface area contributed by atoms with Crippen LogP contribution in [0.2, 0.25) is 0 Å². The van der Waals surface area contributed by atoms with Crippen molar-refractivity contribution in [1.29, 1.82) is 0 Å². The molecule has 1 unspecified atom stereocenters. The third-order valence-electron chi connectivity index (χ3n) is 4.12. The van der Waals surface area contributed by atoms with Gasteiger partial charge in [-0.15, -0.1) is 0 Å². The van der Waals surface area contributed by atoms with E-state index in [4.69, 9.17) is 15.2 Å². The van der Waals surface area contributed by atoms with Crippen molar-refractivity contribution in [3.8, 4) is 11.5 Å². The van der Waals surface area contributed by atoms with Gasteiger partial charge in [0.2, 0.25) is 0 Å². The fourth-order valence-corrected chi connectivity index (χ4v) is 3.10. The maximum absolute atomic E-state index is 6.04. The Bertz CT molecular complexity index is 646. The predicted molar refractivity (Wildman–Crippen MR) is 84.8 cm³/mol. The van der Waals surface area contributed by atoms with Crippen molar-refractivity contribution in [2.24, 2.45) is 5.73 Å². The summed E-state index contributed by atoms with van der Waals surface area (Å²) in [5, 5.41) is 0. The van der Waals surface area contributed by atoms with Gasteiger partial charge in [-0.2, -0.15) is 0 Å². The van der Waals surface area contributed by atoms with E-state index in [2.05, 4.69) is 16.0 Å². The lowest BCUT2D eigenvalue weighted by molar-refractivity contribution is 0.206. The van der Waals surface area contributed by atoms with Crippen LogP contribution < -0.4 is 15.2 Å². The number of ether oxygens (including phenoxy) is 2. The summed E-state index contributed by atoms with van der Waals surface area (Å²) in [4.78, 5) is 6.74. The van der Waals surface area contributed by atoms with E-state index in [0.717, 1.165) is 30.3 Å². The monoisotopic (exact) mass is 299 g/mol. The number of methoxy groups -OCH3 is 2. The molecule has 0 radical (unpaired) electrons. The van der Waals surface area contributed by atoms with Crippen LogP contribution in [0.3, 0.4) is 0 Å². The van der Waals surface area contributed by atoms with E-state index in [-0.39, 0.29) is 6.04 Å². The van der Waals surface area contributed by atoms with E-state index in [0.29, 0.717) is 6.54 Å². The van der Waals surface area contributed by atoms with Crippen molar-refractivity contribution >= 4 is 0 Å². The van der Waals surface area contributed by atoms with Crippen molar-refractivity contribution in [1.82, 2.24) is 9.88 Å². The Morgan fingerprint density at radius 2 is 2.14 bits per heavy atom. The summed E-state index contributed by atoms with van der Waals surface area (Å²) >= 11 is 0. The van der Waals surface area contributed by atoms with Gasteiger partial charge in [-0.05, 0) is 23.8 Å². The van der Waals surface area contributed by atoms with E-state index in [1.165, 1.54) is 11.1 Å². The lowest BCUT2D eigenvalue weighted by Gasteiger charge is -2.24. The minimum absolute atomic E-state index is 0.137. The van der Waals surface area contributed by atoms with Gasteiger partial charge in [-0.3, -0.25) is 9.88 Å². The summed E-state index contributed by atoms with van der Waals surface area (Å²) in [6, 6.07) is 10.1. The Hall–Kier alpha value is -2.11. The van der Waals surface area contributed by atoms with Crippen molar-refractivity contribution in [3.63, 3.8) is 0 Å². The number of pyridine rings is 1. The van der Waals surface area contributed by atoms with Crippen LogP contribution in [0, 0.1) is 0 Å². The smallest absolute Gasteiger partial charge is 0.127 e. The van der Waals surface area contributed by atoms with Gasteiger partial charge in [-0.25, -0.2) is 0 Å². The molecule has 0 amide bonds. The van der Waals surface area contributed by atoms with Crippen LogP contribution in [-0.2, 0) is 13.1 Å². The second-order valence-electron chi connectivity index (χ2n) is 5.38. The van der Waals surface area contributed by atoms with Crippen LogP contribution in [-0.4, -0.2) is 30.6 Å². The Kier molecular flexibility index (Phi) is 4.27. The first-order valence-electron chi connectivity index (χ1n) is 7.35. The molecule has 2 aromatic rings. The number of benzene rings is 1. The van der Waals surface area contributed by atoms with Gasteiger partial charge < -0.3 is 15.2 Å². The molecule has 116 valence electrons. The number of aromatic nitrogens is 1. The molecule has 1 aliphatic heterocycles. The fourth-order valence-electron chi connectivity index (χ4n) is 3.10. The molecule has 3 rings (SSSR count). The molecule has 2 heterocycles. The standard InChI is InChI=1S/C17H21N3O2/c1-21-14-7-12-10-20(11-13-5-3-4-6-19-13)15(9-18)17(12)16(8-14)22-2/h3-8,15H,9-11,18H2,1-2H3. The average Bonchev–Trinajstić information content (AvgIpc) is 2.91. The molecule has 0 aliphatic carbocycles. The van der Waals surface area contributed by atoms with E-state index >= 15 is 0 Å². The molecule has 1 aliphatic rings. The third-order valence-corrected chi connectivity index (χ3v) is 4.12. The Balaban J connectivity index is 1.93. The normalized spacial score (nSPS) is 17.3. The van der Waals surface area contributed by atoms with Crippen molar-refractivity contribution in [2.75, 3.05) is 20.8 Å². The molecule has 0 saturated heterocycles. The first kappa shape index (κ1) is 14.8. The molecule has 0 saturated carbocycles. The lowest BCUT2D eigenvalue weighted by atomic mass is 10.0. The maximum Gasteiger partial charge on any atom is 0.127 e. The van der Waals surface area contributed by atoms with Crippen LogP contribution in [0.4, 0.5) is 0 Å². The maximum atomic E-state index is 6.04. The minimum Gasteiger partial charge on any atom is -0.497 e. The van der Waals surface area contributed by atoms with Gasteiger partial charge in [0.15, 0.2) is 0 Å². The van der Waals surface area contributed by atoms with Crippen molar-refractivity contribution in [3.05, 3.63) is 53.3 Å². The average molecular weight is 299 g/mol. The number of fused-ring (bicyclic) bond motifs is 1. The first-order chi connectivity index (χ1) is 10.8. The zero-order chi connectivity index (χ0) is 15.5. The van der Waals surface area contributed by atoms with Gasteiger partial charge in [-0.1, -0.05) is 6.07 Å². The molecule has 1 aromatic carbocycles. The summed E-state index contributed by atoms with van der Waals surface area (Å²) < 4.78 is 10.9. The highest BCUT2D eigenvalue weighted by Gasteiger charge is 2.33. The number of rotatable bonds is 5. The fraction of sp³-hybridized carbons (Fsp3) is 0.353. The third kappa shape index (κ3) is 2.65. The molecule has 0 spiro atoms. The molecule has 1 aromatic heterocycles. The molecule has 1 atom stereocenters. The summed E-state index contributed by atoms with van der Waals surface area (Å²) in [6.45, 7) is 2.13. The summed E-state index contributed by atoms with van der Waals surface area (Å²) in [6.07, 6.45) is 1.82. The van der Waals surface area contributed by atoms with Crippen LogP contribution >= 0.6 is 0 Å². The van der Waals surface area contributed by atoms with Gasteiger partial charge >= 0.3 is 0 Å². The molecular weight excluding hydrogens is 278 g/mol. The van der Waals surface area contributed by atoms with Gasteiger partial charge in [0.1, 0.15) is 11.5 Å². The second-order valence-corrected chi connectivity index (χ2v) is 5.38. The summed E-state index contributed by atoms with van der Waals surface area (Å²) in [7, 11) is 3.35. The number of hydrogen-bond acceptors (Lipinski definition) is 5. The van der Waals surface area contributed by atoms with Crippen LogP contribution in [0.25, 0.3) is 0 Å². The number of nitrogens with two attached hydrogens (primary N) is 1. The zero-order valence-corrected chi connectivity index (χ0v) is 13.0. The summed E-state index contributed by atoms with van der Waals surface area (Å²) in [5.41, 5.74) is 9.46.